The Hall–Kier alpha value is -2.05. The normalized spacial score (nSPS) is 20.9. The number of alkyl halides is 3. The first-order valence-electron chi connectivity index (χ1n) is 9.10. The van der Waals surface area contributed by atoms with Crippen molar-refractivity contribution in [3.05, 3.63) is 70.2 Å². The van der Waals surface area contributed by atoms with Crippen LogP contribution in [0.2, 0.25) is 5.02 Å². The highest BCUT2D eigenvalue weighted by Crippen LogP contribution is 2.38. The monoisotopic (exact) mass is 411 g/mol. The van der Waals surface area contributed by atoms with Crippen molar-refractivity contribution >= 4 is 17.6 Å². The van der Waals surface area contributed by atoms with E-state index in [2.05, 4.69) is 4.90 Å². The fraction of sp³-hybridized carbons (Fsp3) is 0.381. The summed E-state index contributed by atoms with van der Waals surface area (Å²) in [6, 6.07) is 12.5. The molecule has 150 valence electrons. The van der Waals surface area contributed by atoms with Gasteiger partial charge in [-0.25, -0.2) is 0 Å². The maximum atomic E-state index is 12.9. The smallest absolute Gasteiger partial charge is 0.416 e. The van der Waals surface area contributed by atoms with Crippen molar-refractivity contribution in [2.24, 2.45) is 5.92 Å². The zero-order valence-corrected chi connectivity index (χ0v) is 15.9. The van der Waals surface area contributed by atoms with E-state index in [0.717, 1.165) is 29.7 Å². The van der Waals surface area contributed by atoms with Gasteiger partial charge in [0.15, 0.2) is 0 Å². The molecule has 0 radical (unpaired) electrons. The molecule has 7 heteroatoms. The number of benzene rings is 2. The standard InChI is InChI=1S/C21H21ClF3NO2/c22-18-3-1-2-15(10-18)13-26-9-8-14(12-20(27)28)11-19(26)16-4-6-17(7-5-16)21(23,24)25/h1-7,10,14,19H,8-9,11-13H2,(H,27,28)/t14-,19+/m0/s1. The van der Waals surface area contributed by atoms with E-state index in [9.17, 15) is 18.0 Å². The number of carbonyl (C=O) groups is 1. The lowest BCUT2D eigenvalue weighted by Crippen LogP contribution is -2.37. The van der Waals surface area contributed by atoms with Crippen molar-refractivity contribution in [1.82, 2.24) is 4.90 Å². The van der Waals surface area contributed by atoms with Crippen LogP contribution >= 0.6 is 11.6 Å². The summed E-state index contributed by atoms with van der Waals surface area (Å²) in [4.78, 5) is 13.3. The number of aliphatic carboxylic acids is 1. The van der Waals surface area contributed by atoms with Crippen molar-refractivity contribution < 1.29 is 23.1 Å². The minimum Gasteiger partial charge on any atom is -0.481 e. The highest BCUT2D eigenvalue weighted by atomic mass is 35.5. The van der Waals surface area contributed by atoms with E-state index in [4.69, 9.17) is 16.7 Å². The molecule has 0 spiro atoms. The zero-order valence-electron chi connectivity index (χ0n) is 15.1. The van der Waals surface area contributed by atoms with Crippen LogP contribution in [0.15, 0.2) is 48.5 Å². The summed E-state index contributed by atoms with van der Waals surface area (Å²) in [5, 5.41) is 9.76. The van der Waals surface area contributed by atoms with Crippen LogP contribution in [0.4, 0.5) is 13.2 Å². The van der Waals surface area contributed by atoms with Gasteiger partial charge in [-0.3, -0.25) is 9.69 Å². The Balaban J connectivity index is 1.84. The van der Waals surface area contributed by atoms with Crippen LogP contribution in [0.1, 0.15) is 42.0 Å². The quantitative estimate of drug-likeness (QED) is 0.677. The lowest BCUT2D eigenvalue weighted by atomic mass is 9.84. The molecule has 1 N–H and O–H groups in total. The van der Waals surface area contributed by atoms with Gasteiger partial charge in [-0.05, 0) is 60.7 Å². The molecular weight excluding hydrogens is 391 g/mol. The van der Waals surface area contributed by atoms with Crippen molar-refractivity contribution in [1.29, 1.82) is 0 Å². The average molecular weight is 412 g/mol. The Morgan fingerprint density at radius 3 is 2.50 bits per heavy atom. The fourth-order valence-electron chi connectivity index (χ4n) is 3.82. The third-order valence-electron chi connectivity index (χ3n) is 5.18. The van der Waals surface area contributed by atoms with Crippen molar-refractivity contribution in [3.8, 4) is 0 Å². The summed E-state index contributed by atoms with van der Waals surface area (Å²) < 4.78 is 38.6. The maximum absolute atomic E-state index is 12.9. The molecule has 3 rings (SSSR count). The first-order valence-corrected chi connectivity index (χ1v) is 9.47. The van der Waals surface area contributed by atoms with Crippen LogP contribution < -0.4 is 0 Å². The van der Waals surface area contributed by atoms with E-state index in [1.165, 1.54) is 12.1 Å². The van der Waals surface area contributed by atoms with Crippen LogP contribution in [0, 0.1) is 5.92 Å². The van der Waals surface area contributed by atoms with Crippen LogP contribution in [0.5, 0.6) is 0 Å². The maximum Gasteiger partial charge on any atom is 0.416 e. The number of hydrogen-bond donors (Lipinski definition) is 1. The van der Waals surface area contributed by atoms with Crippen LogP contribution in [0.25, 0.3) is 0 Å². The first kappa shape index (κ1) is 20.7. The Bertz CT molecular complexity index is 823. The minimum atomic E-state index is -4.38. The molecule has 2 aromatic rings. The summed E-state index contributed by atoms with van der Waals surface area (Å²) in [6.07, 6.45) is -2.97. The molecule has 0 amide bonds. The van der Waals surface area contributed by atoms with Crippen molar-refractivity contribution in [2.45, 2.75) is 38.0 Å². The Morgan fingerprint density at radius 1 is 1.18 bits per heavy atom. The first-order chi connectivity index (χ1) is 13.2. The number of rotatable bonds is 5. The van der Waals surface area contributed by atoms with Gasteiger partial charge in [0.25, 0.3) is 0 Å². The van der Waals surface area contributed by atoms with Gasteiger partial charge in [-0.2, -0.15) is 13.2 Å². The number of likely N-dealkylation sites (tertiary alicyclic amines) is 1. The van der Waals surface area contributed by atoms with Gasteiger partial charge >= 0.3 is 12.1 Å². The zero-order chi connectivity index (χ0) is 20.3. The molecule has 1 aliphatic rings. The molecule has 28 heavy (non-hydrogen) atoms. The molecule has 0 unspecified atom stereocenters. The fourth-order valence-corrected chi connectivity index (χ4v) is 4.03. The summed E-state index contributed by atoms with van der Waals surface area (Å²) in [5.74, 6) is -0.847. The molecule has 1 aliphatic heterocycles. The van der Waals surface area contributed by atoms with Gasteiger partial charge in [0.1, 0.15) is 0 Å². The van der Waals surface area contributed by atoms with E-state index < -0.39 is 17.7 Å². The molecule has 2 atom stereocenters. The molecule has 2 aromatic carbocycles. The molecule has 0 bridgehead atoms. The van der Waals surface area contributed by atoms with Gasteiger partial charge in [-0.1, -0.05) is 35.9 Å². The van der Waals surface area contributed by atoms with Gasteiger partial charge in [0, 0.05) is 24.0 Å². The average Bonchev–Trinajstić information content (AvgIpc) is 2.62. The van der Waals surface area contributed by atoms with Crippen LogP contribution in [-0.4, -0.2) is 22.5 Å². The highest BCUT2D eigenvalue weighted by molar-refractivity contribution is 6.30. The largest absolute Gasteiger partial charge is 0.481 e. The number of nitrogens with zero attached hydrogens (tertiary/aromatic N) is 1. The predicted octanol–water partition coefficient (Wildman–Crippen LogP) is 5.79. The van der Waals surface area contributed by atoms with E-state index in [1.54, 1.807) is 6.07 Å². The summed E-state index contributed by atoms with van der Waals surface area (Å²) in [5.41, 5.74) is 1.10. The molecule has 0 aliphatic carbocycles. The molecule has 0 aromatic heterocycles. The number of carboxylic acids is 1. The Labute approximate surface area is 166 Å². The molecule has 0 saturated carbocycles. The van der Waals surface area contributed by atoms with E-state index in [0.29, 0.717) is 24.5 Å². The second-order valence-electron chi connectivity index (χ2n) is 7.22. The lowest BCUT2D eigenvalue weighted by molar-refractivity contribution is -0.139. The number of piperidine rings is 1. The minimum absolute atomic E-state index is 0.000374. The highest BCUT2D eigenvalue weighted by Gasteiger charge is 2.33. The third kappa shape index (κ3) is 5.26. The molecule has 1 saturated heterocycles. The van der Waals surface area contributed by atoms with Crippen molar-refractivity contribution in [3.63, 3.8) is 0 Å². The molecular formula is C21H21ClF3NO2. The lowest BCUT2D eigenvalue weighted by Gasteiger charge is -2.39. The summed E-state index contributed by atoms with van der Waals surface area (Å²) in [7, 11) is 0. The molecule has 1 fully saturated rings. The second-order valence-corrected chi connectivity index (χ2v) is 7.66. The predicted molar refractivity (Wildman–Crippen MR) is 101 cm³/mol. The molecule has 1 heterocycles. The third-order valence-corrected chi connectivity index (χ3v) is 5.42. The van der Waals surface area contributed by atoms with E-state index in [1.807, 2.05) is 18.2 Å². The second kappa shape index (κ2) is 8.53. The van der Waals surface area contributed by atoms with Gasteiger partial charge < -0.3 is 5.11 Å². The van der Waals surface area contributed by atoms with Gasteiger partial charge in [-0.15, -0.1) is 0 Å². The Kier molecular flexibility index (Phi) is 6.30. The summed E-state index contributed by atoms with van der Waals surface area (Å²) in [6.45, 7) is 1.28. The molecule has 3 nitrogen and oxygen atoms in total. The number of halogens is 4. The topological polar surface area (TPSA) is 40.5 Å². The van der Waals surface area contributed by atoms with E-state index >= 15 is 0 Å². The SMILES string of the molecule is O=C(O)C[C@H]1CCN(Cc2cccc(Cl)c2)[C@@H](c2ccc(C(F)(F)F)cc2)C1. The van der Waals surface area contributed by atoms with E-state index in [-0.39, 0.29) is 18.4 Å². The Morgan fingerprint density at radius 2 is 1.89 bits per heavy atom. The van der Waals surface area contributed by atoms with Gasteiger partial charge in [0.2, 0.25) is 0 Å². The van der Waals surface area contributed by atoms with Gasteiger partial charge in [0.05, 0.1) is 5.56 Å². The van der Waals surface area contributed by atoms with Crippen molar-refractivity contribution in [2.75, 3.05) is 6.54 Å². The van der Waals surface area contributed by atoms with Crippen LogP contribution in [0.3, 0.4) is 0 Å². The number of carboxylic acid groups (broad SMARTS) is 1. The van der Waals surface area contributed by atoms with Crippen LogP contribution in [-0.2, 0) is 17.5 Å². The number of hydrogen-bond acceptors (Lipinski definition) is 2. The summed E-state index contributed by atoms with van der Waals surface area (Å²) >= 11 is 6.07.